The van der Waals surface area contributed by atoms with Gasteiger partial charge in [-0.3, -0.25) is 9.69 Å². The topological polar surface area (TPSA) is 63.7 Å². The fourth-order valence-electron chi connectivity index (χ4n) is 2.35. The van der Waals surface area contributed by atoms with Gasteiger partial charge < -0.3 is 14.8 Å². The molecule has 2 rings (SSSR count). The van der Waals surface area contributed by atoms with Gasteiger partial charge in [0.1, 0.15) is 0 Å². The summed E-state index contributed by atoms with van der Waals surface area (Å²) in [6, 6.07) is 7.15. The number of anilines is 1. The van der Waals surface area contributed by atoms with E-state index in [4.69, 9.17) is 32.7 Å². The SMILES string of the molecule is COc1cccc(CN(C)CC(=O)Nc2ncc(Cl)cc2Cl)c1OC. The Labute approximate surface area is 156 Å². The van der Waals surface area contributed by atoms with Crippen molar-refractivity contribution < 1.29 is 14.3 Å². The summed E-state index contributed by atoms with van der Waals surface area (Å²) >= 11 is 11.8. The third-order valence-corrected chi connectivity index (χ3v) is 3.90. The van der Waals surface area contributed by atoms with E-state index in [-0.39, 0.29) is 23.3 Å². The normalized spacial score (nSPS) is 10.6. The van der Waals surface area contributed by atoms with Crippen LogP contribution in [0.25, 0.3) is 0 Å². The molecule has 6 nitrogen and oxygen atoms in total. The Balaban J connectivity index is 2.00. The number of amides is 1. The number of nitrogens with one attached hydrogen (secondary N) is 1. The molecule has 2 aromatic rings. The van der Waals surface area contributed by atoms with E-state index >= 15 is 0 Å². The largest absolute Gasteiger partial charge is 0.493 e. The van der Waals surface area contributed by atoms with E-state index in [0.717, 1.165) is 5.56 Å². The Morgan fingerprint density at radius 1 is 1.28 bits per heavy atom. The average molecular weight is 384 g/mol. The highest BCUT2D eigenvalue weighted by molar-refractivity contribution is 6.36. The molecule has 0 aliphatic heterocycles. The maximum Gasteiger partial charge on any atom is 0.239 e. The third-order valence-electron chi connectivity index (χ3n) is 3.40. The summed E-state index contributed by atoms with van der Waals surface area (Å²) in [5, 5.41) is 3.36. The second-order valence-electron chi connectivity index (χ2n) is 5.36. The minimum absolute atomic E-state index is 0.154. The number of nitrogens with zero attached hydrogens (tertiary/aromatic N) is 2. The molecule has 0 saturated heterocycles. The number of carbonyl (C=O) groups is 1. The molecule has 25 heavy (non-hydrogen) atoms. The van der Waals surface area contributed by atoms with Crippen LogP contribution in [-0.2, 0) is 11.3 Å². The summed E-state index contributed by atoms with van der Waals surface area (Å²) in [4.78, 5) is 18.0. The van der Waals surface area contributed by atoms with Crippen molar-refractivity contribution in [1.82, 2.24) is 9.88 Å². The van der Waals surface area contributed by atoms with Crippen LogP contribution in [0.15, 0.2) is 30.5 Å². The first-order valence-electron chi connectivity index (χ1n) is 7.44. The summed E-state index contributed by atoms with van der Waals surface area (Å²) in [6.45, 7) is 0.663. The Morgan fingerprint density at radius 3 is 2.68 bits per heavy atom. The molecule has 0 spiro atoms. The number of methoxy groups -OCH3 is 2. The van der Waals surface area contributed by atoms with Gasteiger partial charge in [-0.2, -0.15) is 0 Å². The van der Waals surface area contributed by atoms with Crippen molar-refractivity contribution in [3.8, 4) is 11.5 Å². The van der Waals surface area contributed by atoms with Crippen LogP contribution in [0, 0.1) is 0 Å². The van der Waals surface area contributed by atoms with Gasteiger partial charge in [0.15, 0.2) is 17.3 Å². The lowest BCUT2D eigenvalue weighted by Crippen LogP contribution is -2.30. The Bertz CT molecular complexity index is 756. The number of ether oxygens (including phenoxy) is 2. The molecule has 0 aliphatic rings. The second-order valence-corrected chi connectivity index (χ2v) is 6.20. The molecule has 1 N–H and O–H groups in total. The van der Waals surface area contributed by atoms with Gasteiger partial charge in [0.2, 0.25) is 5.91 Å². The maximum atomic E-state index is 12.2. The zero-order valence-electron chi connectivity index (χ0n) is 14.2. The van der Waals surface area contributed by atoms with Gasteiger partial charge in [0.25, 0.3) is 0 Å². The summed E-state index contributed by atoms with van der Waals surface area (Å²) in [5.41, 5.74) is 0.916. The predicted octanol–water partition coefficient (Wildman–Crippen LogP) is 3.48. The first-order valence-corrected chi connectivity index (χ1v) is 8.19. The molecule has 1 amide bonds. The van der Waals surface area contributed by atoms with Gasteiger partial charge in [-0.1, -0.05) is 35.3 Å². The average Bonchev–Trinajstić information content (AvgIpc) is 2.57. The van der Waals surface area contributed by atoms with Gasteiger partial charge in [-0.25, -0.2) is 4.98 Å². The lowest BCUT2D eigenvalue weighted by atomic mass is 10.1. The number of hydrogen-bond acceptors (Lipinski definition) is 5. The quantitative estimate of drug-likeness (QED) is 0.792. The van der Waals surface area contributed by atoms with Crippen molar-refractivity contribution >= 4 is 34.9 Å². The number of halogens is 2. The molecule has 0 saturated carbocycles. The number of carbonyl (C=O) groups excluding carboxylic acids is 1. The van der Waals surface area contributed by atoms with Crippen LogP contribution in [-0.4, -0.2) is 43.6 Å². The van der Waals surface area contributed by atoms with Crippen LogP contribution in [0.2, 0.25) is 10.0 Å². The molecule has 0 bridgehead atoms. The van der Waals surface area contributed by atoms with Gasteiger partial charge in [-0.05, 0) is 19.2 Å². The summed E-state index contributed by atoms with van der Waals surface area (Å²) < 4.78 is 10.7. The number of benzene rings is 1. The zero-order chi connectivity index (χ0) is 18.4. The minimum Gasteiger partial charge on any atom is -0.493 e. The van der Waals surface area contributed by atoms with E-state index in [9.17, 15) is 4.79 Å². The van der Waals surface area contributed by atoms with E-state index in [0.29, 0.717) is 23.1 Å². The van der Waals surface area contributed by atoms with Gasteiger partial charge in [0.05, 0.1) is 30.8 Å². The van der Waals surface area contributed by atoms with E-state index in [1.807, 2.05) is 30.1 Å². The number of para-hydroxylation sites is 1. The Morgan fingerprint density at radius 2 is 2.04 bits per heavy atom. The van der Waals surface area contributed by atoms with Crippen molar-refractivity contribution in [2.24, 2.45) is 0 Å². The molecule has 0 unspecified atom stereocenters. The highest BCUT2D eigenvalue weighted by Crippen LogP contribution is 2.31. The van der Waals surface area contributed by atoms with Crippen LogP contribution < -0.4 is 14.8 Å². The Kier molecular flexibility index (Phi) is 6.87. The molecule has 1 aromatic heterocycles. The minimum atomic E-state index is -0.235. The van der Waals surface area contributed by atoms with Crippen LogP contribution in [0.3, 0.4) is 0 Å². The van der Waals surface area contributed by atoms with Crippen LogP contribution in [0.5, 0.6) is 11.5 Å². The second kappa shape index (κ2) is 8.89. The van der Waals surface area contributed by atoms with Crippen molar-refractivity contribution in [1.29, 1.82) is 0 Å². The predicted molar refractivity (Wildman–Crippen MR) is 98.8 cm³/mol. The van der Waals surface area contributed by atoms with Crippen molar-refractivity contribution in [3.05, 3.63) is 46.1 Å². The fourth-order valence-corrected chi connectivity index (χ4v) is 2.78. The Hall–Kier alpha value is -2.02. The number of hydrogen-bond donors (Lipinski definition) is 1. The van der Waals surface area contributed by atoms with Gasteiger partial charge >= 0.3 is 0 Å². The molecular formula is C17H19Cl2N3O3. The first-order chi connectivity index (χ1) is 11.9. The van der Waals surface area contributed by atoms with Crippen LogP contribution >= 0.6 is 23.2 Å². The number of aromatic nitrogens is 1. The highest BCUT2D eigenvalue weighted by Gasteiger charge is 2.14. The highest BCUT2D eigenvalue weighted by atomic mass is 35.5. The van der Waals surface area contributed by atoms with E-state index in [1.165, 1.54) is 12.3 Å². The molecule has 1 heterocycles. The monoisotopic (exact) mass is 383 g/mol. The van der Waals surface area contributed by atoms with Crippen molar-refractivity contribution in [2.75, 3.05) is 33.1 Å². The third kappa shape index (κ3) is 5.22. The number of likely N-dealkylation sites (N-methyl/N-ethyl adjacent to an activating group) is 1. The van der Waals surface area contributed by atoms with Crippen molar-refractivity contribution in [3.63, 3.8) is 0 Å². The lowest BCUT2D eigenvalue weighted by Gasteiger charge is -2.19. The smallest absolute Gasteiger partial charge is 0.239 e. The van der Waals surface area contributed by atoms with Crippen LogP contribution in [0.1, 0.15) is 5.56 Å². The summed E-state index contributed by atoms with van der Waals surface area (Å²) in [6.07, 6.45) is 1.42. The molecule has 1 aromatic carbocycles. The fraction of sp³-hybridized carbons (Fsp3) is 0.294. The molecule has 0 radical (unpaired) electrons. The summed E-state index contributed by atoms with van der Waals surface area (Å²) in [7, 11) is 5.00. The van der Waals surface area contributed by atoms with Gasteiger partial charge in [0, 0.05) is 18.3 Å². The lowest BCUT2D eigenvalue weighted by molar-refractivity contribution is -0.117. The number of pyridine rings is 1. The molecular weight excluding hydrogens is 365 g/mol. The van der Waals surface area contributed by atoms with E-state index in [2.05, 4.69) is 10.3 Å². The van der Waals surface area contributed by atoms with E-state index in [1.54, 1.807) is 14.2 Å². The van der Waals surface area contributed by atoms with E-state index < -0.39 is 0 Å². The van der Waals surface area contributed by atoms with Crippen LogP contribution in [0.4, 0.5) is 5.82 Å². The van der Waals surface area contributed by atoms with Gasteiger partial charge in [-0.15, -0.1) is 0 Å². The molecule has 0 aliphatic carbocycles. The maximum absolute atomic E-state index is 12.2. The number of rotatable bonds is 7. The molecule has 8 heteroatoms. The summed E-state index contributed by atoms with van der Waals surface area (Å²) in [5.74, 6) is 1.35. The molecule has 134 valence electrons. The zero-order valence-corrected chi connectivity index (χ0v) is 15.7. The standard InChI is InChI=1S/C17H19Cl2N3O3/c1-22(9-11-5-4-6-14(24-2)16(11)25-3)10-15(23)21-17-13(19)7-12(18)8-20-17/h4-8H,9-10H2,1-3H3,(H,20,21,23). The molecule has 0 atom stereocenters. The van der Waals surface area contributed by atoms with Crippen molar-refractivity contribution in [2.45, 2.75) is 6.54 Å². The molecule has 0 fully saturated rings. The first kappa shape index (κ1) is 19.3.